The highest BCUT2D eigenvalue weighted by Gasteiger charge is 2.32. The van der Waals surface area contributed by atoms with Crippen LogP contribution in [0.3, 0.4) is 0 Å². The quantitative estimate of drug-likeness (QED) is 0.890. The topological polar surface area (TPSA) is 59.0 Å². The van der Waals surface area contributed by atoms with Gasteiger partial charge in [0.15, 0.2) is 5.69 Å². The molecule has 0 bridgehead atoms. The molecule has 2 heterocycles. The first-order valence-corrected chi connectivity index (χ1v) is 8.09. The minimum atomic E-state index is -4.40. The molecule has 1 amide bonds. The summed E-state index contributed by atoms with van der Waals surface area (Å²) in [5.74, 6) is -0.443. The summed E-state index contributed by atoms with van der Waals surface area (Å²) in [5.41, 5.74) is -0.101. The minimum absolute atomic E-state index is 0.0594. The van der Waals surface area contributed by atoms with Crippen LogP contribution in [0.25, 0.3) is 0 Å². The number of hydrogen-bond donors (Lipinski definition) is 2. The van der Waals surface area contributed by atoms with Gasteiger partial charge >= 0.3 is 6.18 Å². The number of hydrogen-bond acceptors (Lipinski definition) is 3. The number of aryl methyl sites for hydroxylation is 1. The third-order valence-corrected chi connectivity index (χ3v) is 4.28. The van der Waals surface area contributed by atoms with Gasteiger partial charge in [-0.25, -0.2) is 0 Å². The van der Waals surface area contributed by atoms with Crippen molar-refractivity contribution in [3.05, 3.63) is 47.3 Å². The monoisotopic (exact) mass is 352 g/mol. The third-order valence-electron chi connectivity index (χ3n) is 4.28. The van der Waals surface area contributed by atoms with E-state index in [9.17, 15) is 18.0 Å². The van der Waals surface area contributed by atoms with E-state index < -0.39 is 17.6 Å². The first kappa shape index (κ1) is 17.5. The van der Waals surface area contributed by atoms with E-state index >= 15 is 0 Å². The molecule has 2 N–H and O–H groups in total. The van der Waals surface area contributed by atoms with Crippen molar-refractivity contribution in [3.63, 3.8) is 0 Å². The Labute approximate surface area is 143 Å². The van der Waals surface area contributed by atoms with Crippen LogP contribution in [0.2, 0.25) is 0 Å². The lowest BCUT2D eigenvalue weighted by atomic mass is 10.1. The standard InChI is InChI=1S/C17H19F3N4O/c1-11-9-12(4-5-14(11)17(18,19)20)22-16(25)15-6-8-24(23-15)13-3-2-7-21-10-13/h4-6,8-9,13,21H,2-3,7,10H2,1H3,(H,22,25). The molecule has 0 aliphatic carbocycles. The summed E-state index contributed by atoms with van der Waals surface area (Å²) in [4.78, 5) is 12.3. The predicted octanol–water partition coefficient (Wildman–Crippen LogP) is 3.39. The number of rotatable bonds is 3. The molecule has 1 unspecified atom stereocenters. The zero-order valence-electron chi connectivity index (χ0n) is 13.7. The van der Waals surface area contributed by atoms with Crippen LogP contribution in [-0.2, 0) is 6.18 Å². The summed E-state index contributed by atoms with van der Waals surface area (Å²) in [5, 5.41) is 10.2. The van der Waals surface area contributed by atoms with E-state index in [1.165, 1.54) is 19.1 Å². The largest absolute Gasteiger partial charge is 0.416 e. The van der Waals surface area contributed by atoms with E-state index in [-0.39, 0.29) is 17.3 Å². The molecule has 0 radical (unpaired) electrons. The number of benzene rings is 1. The molecule has 1 aliphatic rings. The summed E-state index contributed by atoms with van der Waals surface area (Å²) in [6.45, 7) is 3.16. The highest BCUT2D eigenvalue weighted by molar-refractivity contribution is 6.02. The SMILES string of the molecule is Cc1cc(NC(=O)c2ccn(C3CCCNC3)n2)ccc1C(F)(F)F. The van der Waals surface area contributed by atoms with Crippen molar-refractivity contribution in [3.8, 4) is 0 Å². The molecule has 1 saturated heterocycles. The lowest BCUT2D eigenvalue weighted by Crippen LogP contribution is -2.32. The van der Waals surface area contributed by atoms with Crippen LogP contribution in [0, 0.1) is 6.92 Å². The van der Waals surface area contributed by atoms with Crippen LogP contribution < -0.4 is 10.6 Å². The Bertz CT molecular complexity index is 763. The maximum Gasteiger partial charge on any atom is 0.416 e. The summed E-state index contributed by atoms with van der Waals surface area (Å²) in [6, 6.07) is 5.35. The van der Waals surface area contributed by atoms with Gasteiger partial charge in [-0.1, -0.05) is 0 Å². The summed E-state index contributed by atoms with van der Waals surface area (Å²) in [6.07, 6.45) is -0.602. The van der Waals surface area contributed by atoms with Gasteiger partial charge in [-0.2, -0.15) is 18.3 Å². The van der Waals surface area contributed by atoms with E-state index in [0.717, 1.165) is 32.0 Å². The minimum Gasteiger partial charge on any atom is -0.321 e. The fraction of sp³-hybridized carbons (Fsp3) is 0.412. The second-order valence-electron chi connectivity index (χ2n) is 6.16. The highest BCUT2D eigenvalue weighted by atomic mass is 19.4. The van der Waals surface area contributed by atoms with Crippen molar-refractivity contribution in [1.29, 1.82) is 0 Å². The molecule has 5 nitrogen and oxygen atoms in total. The zero-order valence-corrected chi connectivity index (χ0v) is 13.7. The lowest BCUT2D eigenvalue weighted by Gasteiger charge is -2.22. The number of carbonyl (C=O) groups excluding carboxylic acids is 1. The van der Waals surface area contributed by atoms with Crippen LogP contribution in [0.4, 0.5) is 18.9 Å². The maximum absolute atomic E-state index is 12.8. The molecule has 1 aromatic heterocycles. The number of nitrogens with one attached hydrogen (secondary N) is 2. The van der Waals surface area contributed by atoms with Crippen molar-refractivity contribution < 1.29 is 18.0 Å². The normalized spacial score (nSPS) is 18.2. The van der Waals surface area contributed by atoms with Gasteiger partial charge in [0.05, 0.1) is 11.6 Å². The van der Waals surface area contributed by atoms with Gasteiger partial charge in [-0.3, -0.25) is 9.48 Å². The Morgan fingerprint density at radius 3 is 2.80 bits per heavy atom. The molecular weight excluding hydrogens is 333 g/mol. The van der Waals surface area contributed by atoms with Gasteiger partial charge < -0.3 is 10.6 Å². The summed E-state index contributed by atoms with van der Waals surface area (Å²) >= 11 is 0. The molecule has 2 aromatic rings. The van der Waals surface area contributed by atoms with E-state index in [2.05, 4.69) is 15.7 Å². The highest BCUT2D eigenvalue weighted by Crippen LogP contribution is 2.32. The van der Waals surface area contributed by atoms with Gasteiger partial charge in [-0.05, 0) is 56.1 Å². The average Bonchev–Trinajstić information content (AvgIpc) is 3.04. The molecular formula is C17H19F3N4O. The fourth-order valence-electron chi connectivity index (χ4n) is 2.98. The maximum atomic E-state index is 12.8. The van der Waals surface area contributed by atoms with Gasteiger partial charge in [-0.15, -0.1) is 0 Å². The molecule has 3 rings (SSSR count). The first-order valence-electron chi connectivity index (χ1n) is 8.09. The van der Waals surface area contributed by atoms with Crippen LogP contribution in [-0.4, -0.2) is 28.8 Å². The number of amides is 1. The number of alkyl halides is 3. The van der Waals surface area contributed by atoms with Crippen molar-refractivity contribution >= 4 is 11.6 Å². The molecule has 25 heavy (non-hydrogen) atoms. The van der Waals surface area contributed by atoms with E-state index in [4.69, 9.17) is 0 Å². The van der Waals surface area contributed by atoms with E-state index in [1.807, 2.05) is 0 Å². The first-order chi connectivity index (χ1) is 11.8. The number of anilines is 1. The van der Waals surface area contributed by atoms with Gasteiger partial charge in [0.25, 0.3) is 5.91 Å². The number of nitrogens with zero attached hydrogens (tertiary/aromatic N) is 2. The van der Waals surface area contributed by atoms with Gasteiger partial charge in [0, 0.05) is 18.4 Å². The summed E-state index contributed by atoms with van der Waals surface area (Å²) in [7, 11) is 0. The third kappa shape index (κ3) is 4.01. The molecule has 1 fully saturated rings. The Morgan fingerprint density at radius 1 is 1.36 bits per heavy atom. The number of aromatic nitrogens is 2. The molecule has 134 valence electrons. The summed E-state index contributed by atoms with van der Waals surface area (Å²) < 4.78 is 40.1. The Kier molecular flexibility index (Phi) is 4.80. The van der Waals surface area contributed by atoms with Crippen molar-refractivity contribution in [2.24, 2.45) is 0 Å². The molecule has 1 aromatic carbocycles. The Morgan fingerprint density at radius 2 is 2.16 bits per heavy atom. The molecule has 8 heteroatoms. The van der Waals surface area contributed by atoms with Gasteiger partial charge in [0.1, 0.15) is 0 Å². The smallest absolute Gasteiger partial charge is 0.321 e. The molecule has 1 atom stereocenters. The van der Waals surface area contributed by atoms with Crippen LogP contribution >= 0.6 is 0 Å². The van der Waals surface area contributed by atoms with Crippen molar-refractivity contribution in [2.45, 2.75) is 32.0 Å². The van der Waals surface area contributed by atoms with E-state index in [0.29, 0.717) is 5.69 Å². The zero-order chi connectivity index (χ0) is 18.0. The molecule has 1 aliphatic heterocycles. The van der Waals surface area contributed by atoms with Crippen molar-refractivity contribution in [1.82, 2.24) is 15.1 Å². The fourth-order valence-corrected chi connectivity index (χ4v) is 2.98. The van der Waals surface area contributed by atoms with Crippen LogP contribution in [0.15, 0.2) is 30.5 Å². The predicted molar refractivity (Wildman–Crippen MR) is 87.5 cm³/mol. The average molecular weight is 352 g/mol. The molecule has 0 saturated carbocycles. The Balaban J connectivity index is 1.70. The van der Waals surface area contributed by atoms with Crippen LogP contribution in [0.5, 0.6) is 0 Å². The second-order valence-corrected chi connectivity index (χ2v) is 6.16. The molecule has 0 spiro atoms. The number of piperidine rings is 1. The number of carbonyl (C=O) groups is 1. The second kappa shape index (κ2) is 6.87. The lowest BCUT2D eigenvalue weighted by molar-refractivity contribution is -0.138. The Hall–Kier alpha value is -2.35. The van der Waals surface area contributed by atoms with Gasteiger partial charge in [0.2, 0.25) is 0 Å². The van der Waals surface area contributed by atoms with E-state index in [1.54, 1.807) is 16.9 Å². The van der Waals surface area contributed by atoms with Crippen LogP contribution in [0.1, 0.15) is 40.5 Å². The van der Waals surface area contributed by atoms with Crippen molar-refractivity contribution in [2.75, 3.05) is 18.4 Å². The number of halogens is 3.